The molecule has 1 amide bonds. The molecule has 8 heteroatoms. The normalized spacial score (nSPS) is 12.7. The largest absolute Gasteiger partial charge is 0.351 e. The number of rotatable bonds is 5. The first-order valence-electron chi connectivity index (χ1n) is 7.08. The Balaban J connectivity index is 1.97. The minimum absolute atomic E-state index is 0.0155. The highest BCUT2D eigenvalue weighted by Gasteiger charge is 2.21. The van der Waals surface area contributed by atoms with Gasteiger partial charge in [0.05, 0.1) is 16.0 Å². The lowest BCUT2D eigenvalue weighted by molar-refractivity contribution is -0.121. The molecule has 0 saturated carbocycles. The van der Waals surface area contributed by atoms with Crippen LogP contribution in [0.2, 0.25) is 5.02 Å². The van der Waals surface area contributed by atoms with Crippen molar-refractivity contribution < 1.29 is 4.79 Å². The molecule has 0 unspecified atom stereocenters. The second kappa shape index (κ2) is 7.51. The number of hydrogen-bond donors (Lipinski definition) is 2. The minimum Gasteiger partial charge on any atom is -0.351 e. The molecule has 0 radical (unpaired) electrons. The molecule has 0 fully saturated rings. The van der Waals surface area contributed by atoms with Crippen LogP contribution in [0.25, 0.3) is 0 Å². The third kappa shape index (κ3) is 5.67. The zero-order valence-electron chi connectivity index (χ0n) is 13.4. The number of carbonyl (C=O) groups is 1. The topological polar surface area (TPSA) is 66.9 Å². The summed E-state index contributed by atoms with van der Waals surface area (Å²) in [7, 11) is 0. The van der Waals surface area contributed by atoms with Gasteiger partial charge in [0.25, 0.3) is 0 Å². The van der Waals surface area contributed by atoms with Crippen LogP contribution in [-0.4, -0.2) is 26.9 Å². The Morgan fingerprint density at radius 3 is 2.65 bits per heavy atom. The van der Waals surface area contributed by atoms with Crippen molar-refractivity contribution in [2.45, 2.75) is 42.8 Å². The number of halogens is 1. The quantitative estimate of drug-likeness (QED) is 0.767. The van der Waals surface area contributed by atoms with E-state index in [4.69, 9.17) is 11.6 Å². The summed E-state index contributed by atoms with van der Waals surface area (Å²) in [6.07, 6.45) is 0. The van der Waals surface area contributed by atoms with E-state index < -0.39 is 0 Å². The van der Waals surface area contributed by atoms with Gasteiger partial charge in [-0.2, -0.15) is 0 Å². The summed E-state index contributed by atoms with van der Waals surface area (Å²) in [6, 6.07) is 7.43. The van der Waals surface area contributed by atoms with Gasteiger partial charge in [0.2, 0.25) is 11.0 Å². The standard InChI is InChI=1S/C15H19ClN4OS2/c1-9(12(21)18-15(2,3)4)22-14-20-19-13(23-14)17-11-8-6-5-7-10(11)16/h5-9H,1-4H3,(H,17,19)(H,18,21)/t9-/m1/s1. The van der Waals surface area contributed by atoms with Crippen LogP contribution >= 0.6 is 34.7 Å². The molecule has 1 heterocycles. The summed E-state index contributed by atoms with van der Waals surface area (Å²) in [4.78, 5) is 12.1. The van der Waals surface area contributed by atoms with Crippen LogP contribution in [0.3, 0.4) is 0 Å². The summed E-state index contributed by atoms with van der Waals surface area (Å²) in [5, 5.41) is 15.3. The van der Waals surface area contributed by atoms with E-state index >= 15 is 0 Å². The molecule has 1 atom stereocenters. The average Bonchev–Trinajstić information content (AvgIpc) is 2.87. The summed E-state index contributed by atoms with van der Waals surface area (Å²) in [6.45, 7) is 7.73. The van der Waals surface area contributed by atoms with E-state index in [0.717, 1.165) is 10.0 Å². The van der Waals surface area contributed by atoms with Crippen molar-refractivity contribution in [1.82, 2.24) is 15.5 Å². The van der Waals surface area contributed by atoms with Crippen LogP contribution < -0.4 is 10.6 Å². The summed E-state index contributed by atoms with van der Waals surface area (Å²) >= 11 is 8.88. The molecule has 5 nitrogen and oxygen atoms in total. The van der Waals surface area contributed by atoms with Crippen molar-refractivity contribution in [3.05, 3.63) is 29.3 Å². The lowest BCUT2D eigenvalue weighted by atomic mass is 10.1. The van der Waals surface area contributed by atoms with Gasteiger partial charge in [-0.15, -0.1) is 10.2 Å². The fourth-order valence-electron chi connectivity index (χ4n) is 1.66. The minimum atomic E-state index is -0.246. The first kappa shape index (κ1) is 18.0. The van der Waals surface area contributed by atoms with Gasteiger partial charge in [0.15, 0.2) is 4.34 Å². The SMILES string of the molecule is C[C@@H](Sc1nnc(Nc2ccccc2Cl)s1)C(=O)NC(C)(C)C. The second-order valence-electron chi connectivity index (χ2n) is 5.98. The van der Waals surface area contributed by atoms with Gasteiger partial charge in [-0.1, -0.05) is 46.8 Å². The molecule has 0 aliphatic rings. The predicted octanol–water partition coefficient (Wildman–Crippen LogP) is 4.33. The molecule has 124 valence electrons. The van der Waals surface area contributed by atoms with Gasteiger partial charge in [0, 0.05) is 5.54 Å². The van der Waals surface area contributed by atoms with Gasteiger partial charge in [0.1, 0.15) is 0 Å². The Kier molecular flexibility index (Phi) is 5.89. The second-order valence-corrected chi connectivity index (χ2v) is 8.95. The van der Waals surface area contributed by atoms with Crippen LogP contribution in [-0.2, 0) is 4.79 Å². The fourth-order valence-corrected chi connectivity index (χ4v) is 3.75. The molecule has 23 heavy (non-hydrogen) atoms. The van der Waals surface area contributed by atoms with Gasteiger partial charge in [-0.25, -0.2) is 0 Å². The van der Waals surface area contributed by atoms with Crippen LogP contribution in [0, 0.1) is 0 Å². The van der Waals surface area contributed by atoms with E-state index in [1.807, 2.05) is 45.9 Å². The molecular weight excluding hydrogens is 352 g/mol. The van der Waals surface area contributed by atoms with Crippen molar-refractivity contribution in [1.29, 1.82) is 0 Å². The zero-order chi connectivity index (χ0) is 17.0. The first-order valence-corrected chi connectivity index (χ1v) is 9.16. The van der Waals surface area contributed by atoms with E-state index in [1.165, 1.54) is 23.1 Å². The van der Waals surface area contributed by atoms with E-state index in [1.54, 1.807) is 6.07 Å². The van der Waals surface area contributed by atoms with Crippen LogP contribution in [0.15, 0.2) is 28.6 Å². The van der Waals surface area contributed by atoms with Crippen molar-refractivity contribution in [2.75, 3.05) is 5.32 Å². The number of carbonyl (C=O) groups excluding carboxylic acids is 1. The highest BCUT2D eigenvalue weighted by molar-refractivity contribution is 8.02. The van der Waals surface area contributed by atoms with E-state index in [0.29, 0.717) is 10.2 Å². The number of benzene rings is 1. The number of nitrogens with one attached hydrogen (secondary N) is 2. The number of thioether (sulfide) groups is 1. The highest BCUT2D eigenvalue weighted by atomic mass is 35.5. The maximum absolute atomic E-state index is 12.1. The van der Waals surface area contributed by atoms with Gasteiger partial charge in [-0.05, 0) is 39.8 Å². The molecule has 0 bridgehead atoms. The smallest absolute Gasteiger partial charge is 0.233 e. The van der Waals surface area contributed by atoms with Gasteiger partial charge < -0.3 is 10.6 Å². The lowest BCUT2D eigenvalue weighted by Gasteiger charge is -2.22. The van der Waals surface area contributed by atoms with Crippen LogP contribution in [0.1, 0.15) is 27.7 Å². The number of para-hydroxylation sites is 1. The molecule has 0 spiro atoms. The number of aromatic nitrogens is 2. The molecule has 2 rings (SSSR count). The molecule has 0 saturated heterocycles. The highest BCUT2D eigenvalue weighted by Crippen LogP contribution is 2.32. The summed E-state index contributed by atoms with van der Waals surface area (Å²) < 4.78 is 0.733. The monoisotopic (exact) mass is 370 g/mol. The Labute approximate surface area is 149 Å². The molecule has 0 aliphatic carbocycles. The Bertz CT molecular complexity index is 684. The predicted molar refractivity (Wildman–Crippen MR) is 97.9 cm³/mol. The maximum Gasteiger partial charge on any atom is 0.233 e. The van der Waals surface area contributed by atoms with E-state index in [9.17, 15) is 4.79 Å². The fraction of sp³-hybridized carbons (Fsp3) is 0.400. The van der Waals surface area contributed by atoms with Crippen molar-refractivity contribution >= 4 is 51.4 Å². The molecule has 1 aromatic heterocycles. The van der Waals surface area contributed by atoms with Crippen LogP contribution in [0.4, 0.5) is 10.8 Å². The van der Waals surface area contributed by atoms with Gasteiger partial charge in [-0.3, -0.25) is 4.79 Å². The van der Waals surface area contributed by atoms with Gasteiger partial charge >= 0.3 is 0 Å². The molecular formula is C15H19ClN4OS2. The van der Waals surface area contributed by atoms with Crippen molar-refractivity contribution in [3.63, 3.8) is 0 Å². The number of amides is 1. The van der Waals surface area contributed by atoms with E-state index in [2.05, 4.69) is 20.8 Å². The lowest BCUT2D eigenvalue weighted by Crippen LogP contribution is -2.44. The maximum atomic E-state index is 12.1. The molecule has 0 aliphatic heterocycles. The number of hydrogen-bond acceptors (Lipinski definition) is 6. The molecule has 2 aromatic rings. The molecule has 2 N–H and O–H groups in total. The third-order valence-corrected chi connectivity index (χ3v) is 5.02. The molecule has 1 aromatic carbocycles. The summed E-state index contributed by atoms with van der Waals surface area (Å²) in [5.41, 5.74) is 0.532. The Morgan fingerprint density at radius 1 is 1.30 bits per heavy atom. The van der Waals surface area contributed by atoms with Crippen molar-refractivity contribution in [3.8, 4) is 0 Å². The van der Waals surface area contributed by atoms with Crippen molar-refractivity contribution in [2.24, 2.45) is 0 Å². The third-order valence-electron chi connectivity index (χ3n) is 2.67. The number of nitrogens with zero attached hydrogens (tertiary/aromatic N) is 2. The van der Waals surface area contributed by atoms with Crippen LogP contribution in [0.5, 0.6) is 0 Å². The summed E-state index contributed by atoms with van der Waals surface area (Å²) in [5.74, 6) is -0.0155. The van der Waals surface area contributed by atoms with E-state index in [-0.39, 0.29) is 16.7 Å². The first-order chi connectivity index (χ1) is 10.7. The average molecular weight is 371 g/mol. The number of anilines is 2. The Hall–Kier alpha value is -1.31. The zero-order valence-corrected chi connectivity index (χ0v) is 15.8. The Morgan fingerprint density at radius 2 is 2.00 bits per heavy atom.